The molecule has 2 aliphatic rings. The van der Waals surface area contributed by atoms with Gasteiger partial charge in [-0.3, -0.25) is 9.88 Å². The molecule has 2 saturated heterocycles. The first-order chi connectivity index (χ1) is 10.2. The van der Waals surface area contributed by atoms with Crippen LogP contribution in [0.25, 0.3) is 0 Å². The van der Waals surface area contributed by atoms with Crippen molar-refractivity contribution in [2.45, 2.75) is 38.1 Å². The molecule has 5 nitrogen and oxygen atoms in total. The average molecular weight is 290 g/mol. The minimum Gasteiger partial charge on any atom is -0.506 e. The SMILES string of the molecule is O=C(OCC1CCCN2CCCCC12)c1cncc(O)c1. The summed E-state index contributed by atoms with van der Waals surface area (Å²) in [4.78, 5) is 18.4. The van der Waals surface area contributed by atoms with E-state index in [9.17, 15) is 9.90 Å². The van der Waals surface area contributed by atoms with Crippen LogP contribution in [0.2, 0.25) is 0 Å². The number of piperidine rings is 2. The van der Waals surface area contributed by atoms with Crippen LogP contribution in [0.1, 0.15) is 42.5 Å². The van der Waals surface area contributed by atoms with E-state index < -0.39 is 5.97 Å². The van der Waals surface area contributed by atoms with Crippen LogP contribution in [-0.4, -0.2) is 46.7 Å². The standard InChI is InChI=1S/C16H22N2O3/c19-14-8-13(9-17-10-14)16(20)21-11-12-4-3-7-18-6-2-1-5-15(12)18/h8-10,12,15,19H,1-7,11H2. The van der Waals surface area contributed by atoms with Crippen LogP contribution in [0.15, 0.2) is 18.5 Å². The van der Waals surface area contributed by atoms with Crippen molar-refractivity contribution in [1.82, 2.24) is 9.88 Å². The van der Waals surface area contributed by atoms with E-state index in [1.165, 1.54) is 57.2 Å². The van der Waals surface area contributed by atoms with E-state index in [1.54, 1.807) is 0 Å². The number of rotatable bonds is 3. The summed E-state index contributed by atoms with van der Waals surface area (Å²) in [5.74, 6) is 0.0279. The van der Waals surface area contributed by atoms with Gasteiger partial charge in [0.2, 0.25) is 0 Å². The van der Waals surface area contributed by atoms with Gasteiger partial charge in [-0.1, -0.05) is 6.42 Å². The summed E-state index contributed by atoms with van der Waals surface area (Å²) in [6.45, 7) is 2.84. The number of aromatic hydroxyl groups is 1. The topological polar surface area (TPSA) is 62.7 Å². The predicted molar refractivity (Wildman–Crippen MR) is 78.1 cm³/mol. The zero-order valence-electron chi connectivity index (χ0n) is 12.2. The van der Waals surface area contributed by atoms with Gasteiger partial charge in [0.1, 0.15) is 5.75 Å². The van der Waals surface area contributed by atoms with Crippen molar-refractivity contribution in [2.75, 3.05) is 19.7 Å². The monoisotopic (exact) mass is 290 g/mol. The maximum Gasteiger partial charge on any atom is 0.339 e. The molecule has 3 rings (SSSR count). The molecule has 1 aromatic rings. The number of hydrogen-bond donors (Lipinski definition) is 1. The second-order valence-corrected chi connectivity index (χ2v) is 6.03. The molecule has 2 unspecified atom stereocenters. The van der Waals surface area contributed by atoms with Gasteiger partial charge in [-0.05, 0) is 44.8 Å². The highest BCUT2D eigenvalue weighted by atomic mass is 16.5. The zero-order chi connectivity index (χ0) is 14.7. The third-order valence-corrected chi connectivity index (χ3v) is 4.62. The summed E-state index contributed by atoms with van der Waals surface area (Å²) in [7, 11) is 0. The number of ether oxygens (including phenoxy) is 1. The average Bonchev–Trinajstić information content (AvgIpc) is 2.52. The number of carbonyl (C=O) groups excluding carboxylic acids is 1. The molecule has 1 aromatic heterocycles. The van der Waals surface area contributed by atoms with Crippen molar-refractivity contribution >= 4 is 5.97 Å². The van der Waals surface area contributed by atoms with Crippen LogP contribution in [0.3, 0.4) is 0 Å². The van der Waals surface area contributed by atoms with Gasteiger partial charge in [0.05, 0.1) is 18.4 Å². The molecule has 114 valence electrons. The lowest BCUT2D eigenvalue weighted by Crippen LogP contribution is -2.49. The summed E-state index contributed by atoms with van der Waals surface area (Å²) < 4.78 is 5.45. The molecule has 0 amide bonds. The first-order valence-electron chi connectivity index (χ1n) is 7.79. The number of fused-ring (bicyclic) bond motifs is 1. The fraction of sp³-hybridized carbons (Fsp3) is 0.625. The van der Waals surface area contributed by atoms with Crippen LogP contribution in [0, 0.1) is 5.92 Å². The second kappa shape index (κ2) is 6.43. The Labute approximate surface area is 124 Å². The number of carbonyl (C=O) groups is 1. The second-order valence-electron chi connectivity index (χ2n) is 6.03. The van der Waals surface area contributed by atoms with Crippen molar-refractivity contribution < 1.29 is 14.6 Å². The van der Waals surface area contributed by atoms with Gasteiger partial charge < -0.3 is 9.84 Å². The third kappa shape index (κ3) is 3.35. The molecule has 0 radical (unpaired) electrons. The first kappa shape index (κ1) is 14.3. The van der Waals surface area contributed by atoms with Gasteiger partial charge in [0, 0.05) is 18.2 Å². The van der Waals surface area contributed by atoms with Crippen LogP contribution in [0.5, 0.6) is 5.75 Å². The lowest BCUT2D eigenvalue weighted by Gasteiger charge is -2.44. The fourth-order valence-electron chi connectivity index (χ4n) is 3.58. The quantitative estimate of drug-likeness (QED) is 0.865. The van der Waals surface area contributed by atoms with E-state index in [2.05, 4.69) is 9.88 Å². The molecular weight excluding hydrogens is 268 g/mol. The highest BCUT2D eigenvalue weighted by Gasteiger charge is 2.33. The summed E-state index contributed by atoms with van der Waals surface area (Å²) in [6.07, 6.45) is 8.84. The van der Waals surface area contributed by atoms with Crippen molar-refractivity contribution in [3.63, 3.8) is 0 Å². The molecule has 0 saturated carbocycles. The van der Waals surface area contributed by atoms with Gasteiger partial charge in [-0.25, -0.2) is 4.79 Å². The van der Waals surface area contributed by atoms with Gasteiger partial charge in [-0.15, -0.1) is 0 Å². The summed E-state index contributed by atoms with van der Waals surface area (Å²) in [5.41, 5.74) is 0.311. The van der Waals surface area contributed by atoms with Gasteiger partial charge in [-0.2, -0.15) is 0 Å². The van der Waals surface area contributed by atoms with E-state index >= 15 is 0 Å². The van der Waals surface area contributed by atoms with Crippen LogP contribution >= 0.6 is 0 Å². The molecule has 0 aliphatic carbocycles. The van der Waals surface area contributed by atoms with Crippen LogP contribution in [-0.2, 0) is 4.74 Å². The first-order valence-corrected chi connectivity index (χ1v) is 7.79. The maximum atomic E-state index is 12.0. The molecule has 21 heavy (non-hydrogen) atoms. The summed E-state index contributed by atoms with van der Waals surface area (Å²) in [6, 6.07) is 1.96. The smallest absolute Gasteiger partial charge is 0.339 e. The highest BCUT2D eigenvalue weighted by Crippen LogP contribution is 2.31. The Hall–Kier alpha value is -1.62. The molecule has 5 heteroatoms. The van der Waals surface area contributed by atoms with E-state index in [0.717, 1.165) is 6.42 Å². The number of pyridine rings is 1. The Kier molecular flexibility index (Phi) is 4.39. The third-order valence-electron chi connectivity index (χ3n) is 4.62. The van der Waals surface area contributed by atoms with E-state index in [4.69, 9.17) is 4.74 Å². The Morgan fingerprint density at radius 1 is 1.29 bits per heavy atom. The fourth-order valence-corrected chi connectivity index (χ4v) is 3.58. The van der Waals surface area contributed by atoms with E-state index in [-0.39, 0.29) is 5.75 Å². The minimum absolute atomic E-state index is 0.0134. The Balaban J connectivity index is 1.57. The minimum atomic E-state index is -0.397. The summed E-state index contributed by atoms with van der Waals surface area (Å²) in [5, 5.41) is 9.36. The number of aromatic nitrogens is 1. The predicted octanol–water partition coefficient (Wildman–Crippen LogP) is 2.21. The molecule has 2 atom stereocenters. The molecule has 0 aromatic carbocycles. The van der Waals surface area contributed by atoms with Crippen molar-refractivity contribution in [3.05, 3.63) is 24.0 Å². The van der Waals surface area contributed by atoms with Crippen molar-refractivity contribution in [2.24, 2.45) is 5.92 Å². The Morgan fingerprint density at radius 3 is 3.00 bits per heavy atom. The molecule has 3 heterocycles. The lowest BCUT2D eigenvalue weighted by molar-refractivity contribution is 0.00734. The molecule has 2 aliphatic heterocycles. The number of nitrogens with zero attached hydrogens (tertiary/aromatic N) is 2. The number of hydrogen-bond acceptors (Lipinski definition) is 5. The van der Waals surface area contributed by atoms with E-state index in [0.29, 0.717) is 24.1 Å². The molecule has 0 bridgehead atoms. The normalized spacial score (nSPS) is 26.1. The molecule has 2 fully saturated rings. The molecule has 0 spiro atoms. The largest absolute Gasteiger partial charge is 0.506 e. The van der Waals surface area contributed by atoms with Gasteiger partial charge >= 0.3 is 5.97 Å². The summed E-state index contributed by atoms with van der Waals surface area (Å²) >= 11 is 0. The van der Waals surface area contributed by atoms with Crippen molar-refractivity contribution in [3.8, 4) is 5.75 Å². The van der Waals surface area contributed by atoms with Crippen molar-refractivity contribution in [1.29, 1.82) is 0 Å². The molecule has 1 N–H and O–H groups in total. The Bertz CT molecular complexity index is 504. The highest BCUT2D eigenvalue weighted by molar-refractivity contribution is 5.89. The zero-order valence-corrected chi connectivity index (χ0v) is 12.2. The number of esters is 1. The Morgan fingerprint density at radius 2 is 2.14 bits per heavy atom. The van der Waals surface area contributed by atoms with Crippen LogP contribution < -0.4 is 0 Å². The van der Waals surface area contributed by atoms with Crippen LogP contribution in [0.4, 0.5) is 0 Å². The maximum absolute atomic E-state index is 12.0. The van der Waals surface area contributed by atoms with Gasteiger partial charge in [0.25, 0.3) is 0 Å². The van der Waals surface area contributed by atoms with E-state index in [1.807, 2.05) is 0 Å². The molecular formula is C16H22N2O3. The van der Waals surface area contributed by atoms with Gasteiger partial charge in [0.15, 0.2) is 0 Å². The lowest BCUT2D eigenvalue weighted by atomic mass is 9.84.